The number of carbonyl (C=O) groups excluding carboxylic acids is 5. The lowest BCUT2D eigenvalue weighted by Crippen LogP contribution is -2.53. The molecule has 4 atom stereocenters. The van der Waals surface area contributed by atoms with Crippen LogP contribution in [0.2, 0.25) is 0 Å². The summed E-state index contributed by atoms with van der Waals surface area (Å²) in [6, 6.07) is 0. The van der Waals surface area contributed by atoms with Crippen molar-refractivity contribution in [3.8, 4) is 0 Å². The Morgan fingerprint density at radius 3 is 1.33 bits per heavy atom. The first-order valence-electron chi connectivity index (χ1n) is 7.86. The van der Waals surface area contributed by atoms with Gasteiger partial charge >= 0.3 is 29.8 Å². The van der Waals surface area contributed by atoms with Gasteiger partial charge < -0.3 is 23.7 Å². The Morgan fingerprint density at radius 1 is 0.630 bits per heavy atom. The fraction of sp³-hybridized carbons (Fsp3) is 0.688. The lowest BCUT2D eigenvalue weighted by atomic mass is 10.0. The summed E-state index contributed by atoms with van der Waals surface area (Å²) in [6.45, 7) is 3.23. The number of carbonyl (C=O) groups is 5. The molecule has 0 spiro atoms. The molecule has 0 N–H and O–H groups in total. The molecule has 11 heteroatoms. The molecule has 0 aromatic carbocycles. The van der Waals surface area contributed by atoms with E-state index >= 15 is 0 Å². The Bertz CT molecular complexity index is 561. The van der Waals surface area contributed by atoms with Crippen molar-refractivity contribution in [2.24, 2.45) is 0 Å². The van der Waals surface area contributed by atoms with Crippen molar-refractivity contribution in [2.75, 3.05) is 13.3 Å². The zero-order valence-corrected chi connectivity index (χ0v) is 15.7. The summed E-state index contributed by atoms with van der Waals surface area (Å²) < 4.78 is 38.0. The summed E-state index contributed by atoms with van der Waals surface area (Å²) in [7, 11) is 0. The van der Waals surface area contributed by atoms with Crippen LogP contribution in [-0.2, 0) is 47.7 Å². The maximum absolute atomic E-state index is 13.5. The molecule has 4 unspecified atom stereocenters. The van der Waals surface area contributed by atoms with Crippen LogP contribution in [0.25, 0.3) is 0 Å². The van der Waals surface area contributed by atoms with Gasteiger partial charge in [0.25, 0.3) is 0 Å². The van der Waals surface area contributed by atoms with Gasteiger partial charge in [-0.15, -0.1) is 0 Å². The van der Waals surface area contributed by atoms with Crippen LogP contribution in [0.3, 0.4) is 0 Å². The quantitative estimate of drug-likeness (QED) is 0.375. The maximum Gasteiger partial charge on any atom is 0.303 e. The first kappa shape index (κ1) is 24.3. The Kier molecular flexibility index (Phi) is 10.6. The number of halogens is 1. The van der Waals surface area contributed by atoms with Gasteiger partial charge in [0.1, 0.15) is 13.3 Å². The maximum atomic E-state index is 13.5. The third kappa shape index (κ3) is 10.1. The Labute approximate surface area is 155 Å². The largest absolute Gasteiger partial charge is 0.462 e. The minimum atomic E-state index is -1.67. The fourth-order valence-electron chi connectivity index (χ4n) is 2.10. The highest BCUT2D eigenvalue weighted by molar-refractivity contribution is 5.69. The van der Waals surface area contributed by atoms with E-state index in [1.165, 1.54) is 0 Å². The molecule has 0 bridgehead atoms. The zero-order valence-electron chi connectivity index (χ0n) is 15.7. The van der Waals surface area contributed by atoms with Crippen molar-refractivity contribution in [1.82, 2.24) is 0 Å². The zero-order chi connectivity index (χ0) is 21.1. The molecule has 0 aliphatic rings. The molecule has 0 amide bonds. The van der Waals surface area contributed by atoms with Crippen molar-refractivity contribution in [2.45, 2.75) is 59.0 Å². The van der Waals surface area contributed by atoms with E-state index in [9.17, 15) is 28.4 Å². The molecule has 0 radical (unpaired) electrons. The number of rotatable bonds is 10. The van der Waals surface area contributed by atoms with Crippen molar-refractivity contribution in [1.29, 1.82) is 0 Å². The van der Waals surface area contributed by atoms with Gasteiger partial charge in [-0.05, 0) is 0 Å². The minimum Gasteiger partial charge on any atom is -0.462 e. The van der Waals surface area contributed by atoms with Crippen LogP contribution in [0.1, 0.15) is 34.6 Å². The van der Waals surface area contributed by atoms with E-state index in [4.69, 9.17) is 23.7 Å². The number of alkyl halides is 1. The van der Waals surface area contributed by atoms with E-state index < -0.39 is 67.5 Å². The highest BCUT2D eigenvalue weighted by Crippen LogP contribution is 2.20. The Morgan fingerprint density at radius 2 is 1.00 bits per heavy atom. The van der Waals surface area contributed by atoms with Crippen molar-refractivity contribution in [3.05, 3.63) is 0 Å². The van der Waals surface area contributed by atoms with E-state index in [0.29, 0.717) is 0 Å². The monoisotopic (exact) mass is 394 g/mol. The molecule has 0 saturated carbocycles. The first-order valence-corrected chi connectivity index (χ1v) is 7.86. The van der Waals surface area contributed by atoms with Crippen LogP contribution in [0, 0.1) is 0 Å². The average molecular weight is 394 g/mol. The van der Waals surface area contributed by atoms with Crippen LogP contribution in [-0.4, -0.2) is 67.5 Å². The second-order valence-corrected chi connectivity index (χ2v) is 5.40. The predicted molar refractivity (Wildman–Crippen MR) is 84.8 cm³/mol. The molecular formula is C16H23FO10. The van der Waals surface area contributed by atoms with E-state index in [0.717, 1.165) is 34.6 Å². The van der Waals surface area contributed by atoms with Crippen molar-refractivity contribution < 1.29 is 52.0 Å². The Balaban J connectivity index is 5.96. The molecule has 10 nitrogen and oxygen atoms in total. The van der Waals surface area contributed by atoms with Gasteiger partial charge in [-0.3, -0.25) is 24.0 Å². The molecule has 0 rings (SSSR count). The highest BCUT2D eigenvalue weighted by Gasteiger charge is 2.43. The summed E-state index contributed by atoms with van der Waals surface area (Å²) in [6.07, 6.45) is -6.40. The molecule has 0 aliphatic heterocycles. The second-order valence-electron chi connectivity index (χ2n) is 5.40. The van der Waals surface area contributed by atoms with E-state index in [1.807, 2.05) is 0 Å². The second kappa shape index (κ2) is 11.8. The molecule has 27 heavy (non-hydrogen) atoms. The standard InChI is InChI=1S/C16H23FO10/c1-8(18)23-7-14(25-10(3)20)16(27-12(5)22)15(26-11(4)21)13(6-17)24-9(2)19/h13-16H,6-7H2,1-5H3. The highest BCUT2D eigenvalue weighted by atomic mass is 19.1. The third-order valence-corrected chi connectivity index (χ3v) is 2.90. The smallest absolute Gasteiger partial charge is 0.303 e. The van der Waals surface area contributed by atoms with E-state index in [2.05, 4.69) is 0 Å². The lowest BCUT2D eigenvalue weighted by molar-refractivity contribution is -0.203. The third-order valence-electron chi connectivity index (χ3n) is 2.90. The molecule has 0 saturated heterocycles. The minimum absolute atomic E-state index is 0.580. The van der Waals surface area contributed by atoms with E-state index in [-0.39, 0.29) is 0 Å². The Hall–Kier alpha value is -2.72. The predicted octanol–water partition coefficient (Wildman–Crippen LogP) is 0.246. The van der Waals surface area contributed by atoms with Gasteiger partial charge in [0.2, 0.25) is 0 Å². The van der Waals surface area contributed by atoms with Gasteiger partial charge in [-0.25, -0.2) is 4.39 Å². The fourth-order valence-corrected chi connectivity index (χ4v) is 2.10. The number of ether oxygens (including phenoxy) is 5. The summed E-state index contributed by atoms with van der Waals surface area (Å²) in [5.74, 6) is -4.26. The summed E-state index contributed by atoms with van der Waals surface area (Å²) in [4.78, 5) is 56.6. The SMILES string of the molecule is CC(=O)OCC(OC(C)=O)C(OC(C)=O)C(OC(C)=O)C(CF)OC(C)=O. The molecule has 0 heterocycles. The summed E-state index contributed by atoms with van der Waals surface area (Å²) >= 11 is 0. The van der Waals surface area contributed by atoms with Crippen molar-refractivity contribution >= 4 is 29.8 Å². The van der Waals surface area contributed by atoms with Crippen LogP contribution in [0.15, 0.2) is 0 Å². The van der Waals surface area contributed by atoms with Crippen LogP contribution < -0.4 is 0 Å². The molecule has 154 valence electrons. The molecular weight excluding hydrogens is 371 g/mol. The number of hydrogen-bond acceptors (Lipinski definition) is 10. The average Bonchev–Trinajstić information content (AvgIpc) is 2.51. The van der Waals surface area contributed by atoms with Gasteiger partial charge in [-0.1, -0.05) is 0 Å². The molecule has 0 aliphatic carbocycles. The van der Waals surface area contributed by atoms with Crippen LogP contribution in [0.5, 0.6) is 0 Å². The molecule has 0 aromatic heterocycles. The van der Waals surface area contributed by atoms with Gasteiger partial charge in [0, 0.05) is 34.6 Å². The summed E-state index contributed by atoms with van der Waals surface area (Å²) in [5.41, 5.74) is 0. The number of esters is 5. The van der Waals surface area contributed by atoms with Gasteiger partial charge in [0.15, 0.2) is 24.4 Å². The van der Waals surface area contributed by atoms with E-state index in [1.54, 1.807) is 0 Å². The van der Waals surface area contributed by atoms with Crippen LogP contribution >= 0.6 is 0 Å². The molecule has 0 fully saturated rings. The van der Waals surface area contributed by atoms with Gasteiger partial charge in [-0.2, -0.15) is 0 Å². The van der Waals surface area contributed by atoms with Crippen LogP contribution in [0.4, 0.5) is 4.39 Å². The topological polar surface area (TPSA) is 132 Å². The van der Waals surface area contributed by atoms with Crippen molar-refractivity contribution in [3.63, 3.8) is 0 Å². The normalized spacial score (nSPS) is 14.7. The lowest BCUT2D eigenvalue weighted by Gasteiger charge is -2.34. The first-order chi connectivity index (χ1) is 12.5. The number of hydrogen-bond donors (Lipinski definition) is 0. The summed E-state index contributed by atoms with van der Waals surface area (Å²) in [5, 5.41) is 0. The molecule has 0 aromatic rings. The van der Waals surface area contributed by atoms with Gasteiger partial charge in [0.05, 0.1) is 0 Å².